The molecule has 1 N–H and O–H groups in total. The molecule has 148 valence electrons. The molecule has 0 spiro atoms. The third kappa shape index (κ3) is 5.24. The highest BCUT2D eigenvalue weighted by Gasteiger charge is 2.11. The SMILES string of the molecule is Fc1ccc(Oc2ccc(F)c(Cl)c2)c(CNCc2ccnn2CC(F)F)c1. The van der Waals surface area contributed by atoms with Crippen molar-refractivity contribution in [1.82, 2.24) is 15.1 Å². The Kier molecular flexibility index (Phi) is 6.53. The van der Waals surface area contributed by atoms with Crippen LogP contribution >= 0.6 is 11.6 Å². The van der Waals surface area contributed by atoms with Crippen LogP contribution in [-0.4, -0.2) is 16.2 Å². The molecule has 28 heavy (non-hydrogen) atoms. The van der Waals surface area contributed by atoms with Gasteiger partial charge in [0.25, 0.3) is 6.43 Å². The smallest absolute Gasteiger partial charge is 0.257 e. The third-order valence-corrected chi connectivity index (χ3v) is 4.17. The van der Waals surface area contributed by atoms with Crippen LogP contribution in [0.25, 0.3) is 0 Å². The van der Waals surface area contributed by atoms with Gasteiger partial charge in [-0.1, -0.05) is 11.6 Å². The molecule has 0 saturated carbocycles. The first kappa shape index (κ1) is 20.2. The summed E-state index contributed by atoms with van der Waals surface area (Å²) in [4.78, 5) is 0. The topological polar surface area (TPSA) is 39.1 Å². The van der Waals surface area contributed by atoms with Crippen molar-refractivity contribution in [3.63, 3.8) is 0 Å². The van der Waals surface area contributed by atoms with Crippen molar-refractivity contribution in [2.24, 2.45) is 0 Å². The quantitative estimate of drug-likeness (QED) is 0.518. The molecule has 4 nitrogen and oxygen atoms in total. The van der Waals surface area contributed by atoms with E-state index < -0.39 is 24.6 Å². The number of rotatable bonds is 8. The predicted molar refractivity (Wildman–Crippen MR) is 96.7 cm³/mol. The Hall–Kier alpha value is -2.58. The van der Waals surface area contributed by atoms with Crippen molar-refractivity contribution in [2.75, 3.05) is 0 Å². The maximum Gasteiger partial charge on any atom is 0.257 e. The van der Waals surface area contributed by atoms with E-state index in [-0.39, 0.29) is 18.1 Å². The number of benzene rings is 2. The van der Waals surface area contributed by atoms with Gasteiger partial charge in [-0.05, 0) is 36.4 Å². The first-order chi connectivity index (χ1) is 13.4. The lowest BCUT2D eigenvalue weighted by molar-refractivity contribution is 0.120. The zero-order chi connectivity index (χ0) is 20.1. The van der Waals surface area contributed by atoms with Crippen LogP contribution in [0.4, 0.5) is 17.6 Å². The van der Waals surface area contributed by atoms with Gasteiger partial charge in [-0.15, -0.1) is 0 Å². The number of hydrogen-bond acceptors (Lipinski definition) is 3. The number of aromatic nitrogens is 2. The van der Waals surface area contributed by atoms with Crippen LogP contribution in [0.2, 0.25) is 5.02 Å². The molecular formula is C19H16ClF4N3O. The summed E-state index contributed by atoms with van der Waals surface area (Å²) in [6, 6.07) is 9.50. The van der Waals surface area contributed by atoms with Crippen LogP contribution < -0.4 is 10.1 Å². The lowest BCUT2D eigenvalue weighted by Gasteiger charge is -2.13. The van der Waals surface area contributed by atoms with Crippen molar-refractivity contribution in [2.45, 2.75) is 26.1 Å². The fraction of sp³-hybridized carbons (Fsp3) is 0.211. The summed E-state index contributed by atoms with van der Waals surface area (Å²) < 4.78 is 58.9. The van der Waals surface area contributed by atoms with Crippen molar-refractivity contribution in [1.29, 1.82) is 0 Å². The lowest BCUT2D eigenvalue weighted by Crippen LogP contribution is -2.18. The summed E-state index contributed by atoms with van der Waals surface area (Å²) in [5.74, 6) is -0.369. The molecular weight excluding hydrogens is 398 g/mol. The maximum atomic E-state index is 13.7. The lowest BCUT2D eigenvalue weighted by atomic mass is 10.2. The molecule has 9 heteroatoms. The average molecular weight is 414 g/mol. The molecule has 2 aromatic carbocycles. The van der Waals surface area contributed by atoms with Gasteiger partial charge >= 0.3 is 0 Å². The summed E-state index contributed by atoms with van der Waals surface area (Å²) in [7, 11) is 0. The second kappa shape index (κ2) is 9.07. The number of hydrogen-bond donors (Lipinski definition) is 1. The second-order valence-corrected chi connectivity index (χ2v) is 6.34. The van der Waals surface area contributed by atoms with E-state index in [4.69, 9.17) is 16.3 Å². The zero-order valence-electron chi connectivity index (χ0n) is 14.5. The van der Waals surface area contributed by atoms with Crippen LogP contribution in [-0.2, 0) is 19.6 Å². The summed E-state index contributed by atoms with van der Waals surface area (Å²) in [5.41, 5.74) is 1.07. The molecule has 0 bridgehead atoms. The van der Waals surface area contributed by atoms with E-state index in [1.54, 1.807) is 6.07 Å². The highest BCUT2D eigenvalue weighted by atomic mass is 35.5. The van der Waals surface area contributed by atoms with Gasteiger partial charge in [-0.3, -0.25) is 4.68 Å². The van der Waals surface area contributed by atoms with Crippen molar-refractivity contribution in [3.05, 3.63) is 76.6 Å². The Morgan fingerprint density at radius 2 is 1.89 bits per heavy atom. The summed E-state index contributed by atoms with van der Waals surface area (Å²) in [5, 5.41) is 6.82. The molecule has 0 aliphatic rings. The summed E-state index contributed by atoms with van der Waals surface area (Å²) in [6.45, 7) is -0.0312. The highest BCUT2D eigenvalue weighted by Crippen LogP contribution is 2.29. The number of alkyl halides is 2. The fourth-order valence-corrected chi connectivity index (χ4v) is 2.75. The minimum absolute atomic E-state index is 0.0911. The van der Waals surface area contributed by atoms with Gasteiger partial charge in [0.2, 0.25) is 0 Å². The van der Waals surface area contributed by atoms with Crippen molar-refractivity contribution in [3.8, 4) is 11.5 Å². The molecule has 0 atom stereocenters. The molecule has 0 aliphatic heterocycles. The minimum Gasteiger partial charge on any atom is -0.457 e. The number of ether oxygens (including phenoxy) is 1. The Morgan fingerprint density at radius 3 is 2.64 bits per heavy atom. The second-order valence-electron chi connectivity index (χ2n) is 5.93. The van der Waals surface area contributed by atoms with E-state index in [9.17, 15) is 17.6 Å². The van der Waals surface area contributed by atoms with E-state index in [1.165, 1.54) is 47.3 Å². The first-order valence-corrected chi connectivity index (χ1v) is 8.71. The molecule has 0 saturated heterocycles. The van der Waals surface area contributed by atoms with Crippen LogP contribution in [0.5, 0.6) is 11.5 Å². The first-order valence-electron chi connectivity index (χ1n) is 8.33. The molecule has 1 heterocycles. The molecule has 3 aromatic rings. The van der Waals surface area contributed by atoms with Gasteiger partial charge in [-0.25, -0.2) is 17.6 Å². The number of nitrogens with zero attached hydrogens (tertiary/aromatic N) is 2. The van der Waals surface area contributed by atoms with Gasteiger partial charge in [0.1, 0.15) is 29.7 Å². The van der Waals surface area contributed by atoms with Gasteiger partial charge in [0.05, 0.1) is 10.7 Å². The Labute approximate surface area is 163 Å². The highest BCUT2D eigenvalue weighted by molar-refractivity contribution is 6.30. The molecule has 1 aromatic heterocycles. The van der Waals surface area contributed by atoms with E-state index in [0.717, 1.165) is 0 Å². The third-order valence-electron chi connectivity index (χ3n) is 3.88. The fourth-order valence-electron chi connectivity index (χ4n) is 2.58. The molecule has 3 rings (SSSR count). The average Bonchev–Trinajstić information content (AvgIpc) is 3.06. The van der Waals surface area contributed by atoms with E-state index >= 15 is 0 Å². The van der Waals surface area contributed by atoms with E-state index in [1.807, 2.05) is 0 Å². The van der Waals surface area contributed by atoms with Gasteiger partial charge in [0, 0.05) is 30.9 Å². The number of nitrogens with one attached hydrogen (secondary N) is 1. The van der Waals surface area contributed by atoms with E-state index in [2.05, 4.69) is 10.4 Å². The molecule has 0 fully saturated rings. The summed E-state index contributed by atoms with van der Waals surface area (Å²) >= 11 is 5.75. The largest absolute Gasteiger partial charge is 0.457 e. The molecule has 0 unspecified atom stereocenters. The summed E-state index contributed by atoms with van der Waals surface area (Å²) in [6.07, 6.45) is -1.07. The van der Waals surface area contributed by atoms with E-state index in [0.29, 0.717) is 22.8 Å². The Morgan fingerprint density at radius 1 is 1.07 bits per heavy atom. The van der Waals surface area contributed by atoms with Crippen LogP contribution in [0.3, 0.4) is 0 Å². The Balaban J connectivity index is 1.69. The maximum absolute atomic E-state index is 13.7. The standard InChI is InChI=1S/C19H16ClF4N3O/c20-16-8-15(2-3-17(16)22)28-18-4-1-13(21)7-12(18)9-25-10-14-5-6-26-27(14)11-19(23)24/h1-8,19,25H,9-11H2. The van der Waals surface area contributed by atoms with Crippen molar-refractivity contribution >= 4 is 11.6 Å². The van der Waals surface area contributed by atoms with Gasteiger partial charge < -0.3 is 10.1 Å². The van der Waals surface area contributed by atoms with Gasteiger partial charge in [-0.2, -0.15) is 5.10 Å². The zero-order valence-corrected chi connectivity index (χ0v) is 15.3. The Bertz CT molecular complexity index is 949. The predicted octanol–water partition coefficient (Wildman–Crippen LogP) is 5.16. The normalized spacial score (nSPS) is 11.2. The minimum atomic E-state index is -2.51. The van der Waals surface area contributed by atoms with Crippen LogP contribution in [0.1, 0.15) is 11.3 Å². The van der Waals surface area contributed by atoms with Crippen molar-refractivity contribution < 1.29 is 22.3 Å². The van der Waals surface area contributed by atoms with Crippen LogP contribution in [0, 0.1) is 11.6 Å². The number of halogens is 5. The monoisotopic (exact) mass is 413 g/mol. The molecule has 0 amide bonds. The molecule has 0 radical (unpaired) electrons. The van der Waals surface area contributed by atoms with Gasteiger partial charge in [0.15, 0.2) is 0 Å². The van der Waals surface area contributed by atoms with Crippen LogP contribution in [0.15, 0.2) is 48.7 Å². The molecule has 0 aliphatic carbocycles.